The van der Waals surface area contributed by atoms with E-state index in [1.54, 1.807) is 0 Å². The smallest absolute Gasteiger partial charge is 0.337 e. The molecule has 4 N–H and O–H groups in total. The fourth-order valence-electron chi connectivity index (χ4n) is 1.64. The van der Waals surface area contributed by atoms with Gasteiger partial charge in [-0.15, -0.1) is 0 Å². The van der Waals surface area contributed by atoms with Crippen molar-refractivity contribution in [3.63, 3.8) is 0 Å². The topological polar surface area (TPSA) is 121 Å². The minimum Gasteiger partial charge on any atom is -0.478 e. The molecule has 0 aliphatic heterocycles. The number of carboxylic acids is 1. The molecule has 0 aliphatic rings. The third-order valence-corrected chi connectivity index (χ3v) is 4.45. The molecule has 0 fully saturated rings. The zero-order chi connectivity index (χ0) is 16.2. The Kier molecular flexibility index (Phi) is 5.58. The van der Waals surface area contributed by atoms with Crippen LogP contribution < -0.4 is 5.73 Å². The van der Waals surface area contributed by atoms with E-state index >= 15 is 0 Å². The maximum atomic E-state index is 12.5. The van der Waals surface area contributed by atoms with Gasteiger partial charge in [0, 0.05) is 12.2 Å². The lowest BCUT2D eigenvalue weighted by Gasteiger charge is -2.21. The van der Waals surface area contributed by atoms with Crippen LogP contribution in [0.4, 0.5) is 14.5 Å². The number of nitrogens with two attached hydrogens (primary N) is 1. The average molecular weight is 324 g/mol. The summed E-state index contributed by atoms with van der Waals surface area (Å²) in [5.41, 5.74) is 4.82. The van der Waals surface area contributed by atoms with E-state index in [2.05, 4.69) is 0 Å². The maximum Gasteiger partial charge on any atom is 0.337 e. The number of sulfonamides is 1. The molecular weight excluding hydrogens is 310 g/mol. The number of rotatable bonds is 7. The Morgan fingerprint density at radius 1 is 1.38 bits per heavy atom. The van der Waals surface area contributed by atoms with Crippen molar-refractivity contribution in [3.05, 3.63) is 23.8 Å². The molecule has 0 amide bonds. The highest BCUT2D eigenvalue weighted by atomic mass is 32.2. The van der Waals surface area contributed by atoms with Gasteiger partial charge in [0.05, 0.1) is 23.6 Å². The minimum absolute atomic E-state index is 0.0282. The van der Waals surface area contributed by atoms with E-state index in [9.17, 15) is 22.0 Å². The van der Waals surface area contributed by atoms with Crippen molar-refractivity contribution < 1.29 is 32.2 Å². The van der Waals surface area contributed by atoms with Gasteiger partial charge in [0.25, 0.3) is 6.43 Å². The van der Waals surface area contributed by atoms with E-state index < -0.39 is 52.6 Å². The summed E-state index contributed by atoms with van der Waals surface area (Å²) in [4.78, 5) is 10.4. The molecule has 1 aromatic rings. The van der Waals surface area contributed by atoms with Gasteiger partial charge in [-0.3, -0.25) is 0 Å². The number of aliphatic hydroxyl groups is 1. The molecule has 7 nitrogen and oxygen atoms in total. The zero-order valence-electron chi connectivity index (χ0n) is 10.7. The predicted octanol–water partition coefficient (Wildman–Crippen LogP) is 0.215. The summed E-state index contributed by atoms with van der Waals surface area (Å²) >= 11 is 0. The second kappa shape index (κ2) is 6.78. The summed E-state index contributed by atoms with van der Waals surface area (Å²) in [5.74, 6) is -1.53. The Bertz CT molecular complexity index is 621. The molecule has 118 valence electrons. The van der Waals surface area contributed by atoms with E-state index in [0.29, 0.717) is 4.31 Å². The van der Waals surface area contributed by atoms with Gasteiger partial charge >= 0.3 is 5.97 Å². The lowest BCUT2D eigenvalue weighted by atomic mass is 10.2. The summed E-state index contributed by atoms with van der Waals surface area (Å²) < 4.78 is 49.8. The number of anilines is 1. The van der Waals surface area contributed by atoms with Crippen LogP contribution in [0, 0.1) is 0 Å². The molecule has 0 spiro atoms. The first kappa shape index (κ1) is 17.3. The number of aromatic carboxylic acids is 1. The lowest BCUT2D eigenvalue weighted by Crippen LogP contribution is -2.38. The molecule has 0 unspecified atom stereocenters. The largest absolute Gasteiger partial charge is 0.478 e. The van der Waals surface area contributed by atoms with Gasteiger partial charge in [-0.25, -0.2) is 22.0 Å². The summed E-state index contributed by atoms with van der Waals surface area (Å²) in [5, 5.41) is 17.8. The van der Waals surface area contributed by atoms with E-state index in [1.807, 2.05) is 0 Å². The molecule has 1 aromatic carbocycles. The summed E-state index contributed by atoms with van der Waals surface area (Å²) in [6.45, 7) is -2.42. The molecule has 0 saturated heterocycles. The molecule has 0 aromatic heterocycles. The Morgan fingerprint density at radius 2 is 2.00 bits per heavy atom. The first-order chi connectivity index (χ1) is 9.70. The van der Waals surface area contributed by atoms with Crippen LogP contribution in [0.2, 0.25) is 0 Å². The number of carbonyl (C=O) groups is 1. The van der Waals surface area contributed by atoms with Gasteiger partial charge in [-0.1, -0.05) is 0 Å². The van der Waals surface area contributed by atoms with Crippen LogP contribution in [-0.4, -0.2) is 55.0 Å². The standard InChI is InChI=1S/C11H14F2N2O5S/c12-10(13)6-15(3-4-16)21(19,20)9-5-7(14)1-2-8(9)11(17)18/h1-2,5,10,16H,3-4,6,14H2,(H,17,18). The second-order valence-corrected chi connectivity index (χ2v) is 5.94. The first-order valence-electron chi connectivity index (χ1n) is 5.72. The highest BCUT2D eigenvalue weighted by Gasteiger charge is 2.30. The molecule has 0 saturated carbocycles. The maximum absolute atomic E-state index is 12.5. The van der Waals surface area contributed by atoms with E-state index in [1.165, 1.54) is 6.07 Å². The van der Waals surface area contributed by atoms with Crippen LogP contribution in [0.25, 0.3) is 0 Å². The van der Waals surface area contributed by atoms with Crippen LogP contribution in [0.5, 0.6) is 0 Å². The average Bonchev–Trinajstić information content (AvgIpc) is 2.37. The predicted molar refractivity (Wildman–Crippen MR) is 69.7 cm³/mol. The number of halogens is 2. The van der Waals surface area contributed by atoms with Crippen LogP contribution >= 0.6 is 0 Å². The Labute approximate surface area is 119 Å². The fraction of sp³-hybridized carbons (Fsp3) is 0.364. The number of alkyl halides is 2. The quantitative estimate of drug-likeness (QED) is 0.617. The van der Waals surface area contributed by atoms with Gasteiger partial charge in [-0.05, 0) is 18.2 Å². The lowest BCUT2D eigenvalue weighted by molar-refractivity contribution is 0.0692. The molecule has 10 heteroatoms. The van der Waals surface area contributed by atoms with Gasteiger partial charge in [0.1, 0.15) is 0 Å². The number of nitrogens with zero attached hydrogens (tertiary/aromatic N) is 1. The fourth-order valence-corrected chi connectivity index (χ4v) is 3.27. The number of nitrogen functional groups attached to an aromatic ring is 1. The molecule has 0 aliphatic carbocycles. The first-order valence-corrected chi connectivity index (χ1v) is 7.16. The summed E-state index contributed by atoms with van der Waals surface area (Å²) in [6.07, 6.45) is -2.97. The summed E-state index contributed by atoms with van der Waals surface area (Å²) in [6, 6.07) is 3.05. The van der Waals surface area contributed by atoms with Crippen molar-refractivity contribution in [2.24, 2.45) is 0 Å². The van der Waals surface area contributed by atoms with E-state index in [4.69, 9.17) is 15.9 Å². The molecule has 21 heavy (non-hydrogen) atoms. The number of hydrogen-bond donors (Lipinski definition) is 3. The van der Waals surface area contributed by atoms with Crippen molar-refractivity contribution in [3.8, 4) is 0 Å². The van der Waals surface area contributed by atoms with Crippen molar-refractivity contribution in [1.29, 1.82) is 0 Å². The molecule has 0 bridgehead atoms. The van der Waals surface area contributed by atoms with Crippen LogP contribution in [0.1, 0.15) is 10.4 Å². The highest BCUT2D eigenvalue weighted by molar-refractivity contribution is 7.89. The van der Waals surface area contributed by atoms with Crippen LogP contribution in [0.15, 0.2) is 23.1 Å². The Hall–Kier alpha value is -1.78. The van der Waals surface area contributed by atoms with Crippen molar-refractivity contribution >= 4 is 21.7 Å². The Balaban J connectivity index is 3.39. The molecule has 0 radical (unpaired) electrons. The molecule has 0 heterocycles. The Morgan fingerprint density at radius 3 is 2.48 bits per heavy atom. The molecular formula is C11H14F2N2O5S. The van der Waals surface area contributed by atoms with Gasteiger partial charge in [0.2, 0.25) is 10.0 Å². The van der Waals surface area contributed by atoms with Gasteiger partial charge < -0.3 is 15.9 Å². The molecule has 1 rings (SSSR count). The van der Waals surface area contributed by atoms with Gasteiger partial charge in [0.15, 0.2) is 0 Å². The second-order valence-electron chi connectivity index (χ2n) is 4.04. The third kappa shape index (κ3) is 4.09. The summed E-state index contributed by atoms with van der Waals surface area (Å²) in [7, 11) is -4.52. The van der Waals surface area contributed by atoms with E-state index in [-0.39, 0.29) is 5.69 Å². The van der Waals surface area contributed by atoms with Crippen molar-refractivity contribution in [1.82, 2.24) is 4.31 Å². The highest BCUT2D eigenvalue weighted by Crippen LogP contribution is 2.23. The van der Waals surface area contributed by atoms with Gasteiger partial charge in [-0.2, -0.15) is 4.31 Å². The monoisotopic (exact) mass is 324 g/mol. The zero-order valence-corrected chi connectivity index (χ0v) is 11.6. The normalized spacial score (nSPS) is 12.0. The van der Waals surface area contributed by atoms with Crippen molar-refractivity contribution in [2.75, 3.05) is 25.4 Å². The van der Waals surface area contributed by atoms with Crippen LogP contribution in [0.3, 0.4) is 0 Å². The van der Waals surface area contributed by atoms with E-state index in [0.717, 1.165) is 12.1 Å². The number of benzene rings is 1. The molecule has 0 atom stereocenters. The SMILES string of the molecule is Nc1ccc(C(=O)O)c(S(=O)(=O)N(CCO)CC(F)F)c1. The number of aliphatic hydroxyl groups excluding tert-OH is 1. The van der Waals surface area contributed by atoms with Crippen LogP contribution in [-0.2, 0) is 10.0 Å². The third-order valence-electron chi connectivity index (χ3n) is 2.54. The minimum atomic E-state index is -4.52. The number of carboxylic acid groups (broad SMARTS) is 1. The number of hydrogen-bond acceptors (Lipinski definition) is 5. The van der Waals surface area contributed by atoms with Crippen molar-refractivity contribution in [2.45, 2.75) is 11.3 Å².